The van der Waals surface area contributed by atoms with E-state index in [2.05, 4.69) is 10.6 Å². The van der Waals surface area contributed by atoms with E-state index >= 15 is 0 Å². The highest BCUT2D eigenvalue weighted by molar-refractivity contribution is 5.94. The number of ketones is 1. The molecule has 2 aromatic carbocycles. The Morgan fingerprint density at radius 1 is 0.818 bits per heavy atom. The molecule has 2 aromatic rings. The number of carbonyl (C=O) groups is 4. The van der Waals surface area contributed by atoms with Gasteiger partial charge in [-0.05, 0) is 41.5 Å². The summed E-state index contributed by atoms with van der Waals surface area (Å²) in [5.74, 6) is -4.11. The molecule has 0 aromatic heterocycles. The number of halogens is 3. The topological polar surface area (TPSA) is 123 Å². The summed E-state index contributed by atoms with van der Waals surface area (Å²) >= 11 is 0. The Morgan fingerprint density at radius 2 is 1.43 bits per heavy atom. The molecule has 242 valence electrons. The van der Waals surface area contributed by atoms with E-state index in [0.29, 0.717) is 17.1 Å². The predicted molar refractivity (Wildman–Crippen MR) is 156 cm³/mol. The zero-order valence-electron chi connectivity index (χ0n) is 25.7. The number of hydrogen-bond acceptors (Lipinski definition) is 7. The lowest BCUT2D eigenvalue weighted by atomic mass is 9.99. The van der Waals surface area contributed by atoms with Crippen molar-refractivity contribution in [2.75, 3.05) is 27.3 Å². The smallest absolute Gasteiger partial charge is 0.452 e. The van der Waals surface area contributed by atoms with Crippen molar-refractivity contribution in [1.82, 2.24) is 15.5 Å². The molecule has 3 amide bonds. The van der Waals surface area contributed by atoms with Crippen LogP contribution < -0.4 is 20.1 Å². The van der Waals surface area contributed by atoms with Crippen LogP contribution in [0.4, 0.5) is 18.0 Å². The summed E-state index contributed by atoms with van der Waals surface area (Å²) in [5, 5.41) is 4.68. The monoisotopic (exact) mass is 623 g/mol. The first-order chi connectivity index (χ1) is 20.7. The minimum absolute atomic E-state index is 0.0407. The third kappa shape index (κ3) is 10.8. The standard InChI is InChI=1S/C31H40F3N3O7/c1-19(2)26(28(39)31(32,33)34)35-25(38)17-37(15-14-21-12-13-23(42-5)24(16-21)43-6)29(40)27(20(3)4)36-30(41)44-18-22-10-8-7-9-11-22/h7-13,16,19-20,26-27H,14-15,17-18H2,1-6H3,(H,35,38)(H,36,41). The molecule has 0 bridgehead atoms. The van der Waals surface area contributed by atoms with E-state index in [1.54, 1.807) is 56.3 Å². The number of amides is 3. The number of nitrogens with zero attached hydrogens (tertiary/aromatic N) is 1. The summed E-state index contributed by atoms with van der Waals surface area (Å²) in [4.78, 5) is 52.5. The fourth-order valence-electron chi connectivity index (χ4n) is 4.27. The maximum Gasteiger partial charge on any atom is 0.452 e. The average Bonchev–Trinajstić information content (AvgIpc) is 2.98. The van der Waals surface area contributed by atoms with E-state index in [1.165, 1.54) is 28.1 Å². The van der Waals surface area contributed by atoms with Crippen LogP contribution >= 0.6 is 0 Å². The van der Waals surface area contributed by atoms with E-state index in [9.17, 15) is 32.3 Å². The quantitative estimate of drug-likeness (QED) is 0.303. The molecule has 0 heterocycles. The maximum absolute atomic E-state index is 13.8. The lowest BCUT2D eigenvalue weighted by molar-refractivity contribution is -0.175. The molecule has 0 fully saturated rings. The summed E-state index contributed by atoms with van der Waals surface area (Å²) in [6.45, 7) is 5.35. The first-order valence-corrected chi connectivity index (χ1v) is 14.0. The summed E-state index contributed by atoms with van der Waals surface area (Å²) in [5.41, 5.74) is 1.45. The zero-order chi connectivity index (χ0) is 33.0. The molecule has 0 radical (unpaired) electrons. The van der Waals surface area contributed by atoms with Gasteiger partial charge in [-0.2, -0.15) is 13.2 Å². The van der Waals surface area contributed by atoms with Crippen LogP contribution in [-0.2, 0) is 32.1 Å². The lowest BCUT2D eigenvalue weighted by Crippen LogP contribution is -2.56. The molecular weight excluding hydrogens is 583 g/mol. The van der Waals surface area contributed by atoms with Crippen LogP contribution in [0.1, 0.15) is 38.8 Å². The minimum Gasteiger partial charge on any atom is -0.493 e. The Morgan fingerprint density at radius 3 is 1.98 bits per heavy atom. The Balaban J connectivity index is 2.28. The number of carbonyl (C=O) groups excluding carboxylic acids is 4. The second kappa shape index (κ2) is 16.5. The maximum atomic E-state index is 13.8. The number of nitrogens with one attached hydrogen (secondary N) is 2. The molecular formula is C31H40F3N3O7. The molecule has 2 rings (SSSR count). The molecule has 0 aliphatic rings. The third-order valence-corrected chi connectivity index (χ3v) is 6.73. The highest BCUT2D eigenvalue weighted by Crippen LogP contribution is 2.28. The summed E-state index contributed by atoms with van der Waals surface area (Å²) in [7, 11) is 2.94. The Kier molecular flexibility index (Phi) is 13.5. The summed E-state index contributed by atoms with van der Waals surface area (Å²) < 4.78 is 55.4. The second-order valence-electron chi connectivity index (χ2n) is 10.8. The van der Waals surface area contributed by atoms with Gasteiger partial charge in [0.1, 0.15) is 12.6 Å². The lowest BCUT2D eigenvalue weighted by Gasteiger charge is -2.30. The molecule has 2 atom stereocenters. The van der Waals surface area contributed by atoms with E-state index < -0.39 is 60.3 Å². The van der Waals surface area contributed by atoms with Crippen LogP contribution in [0, 0.1) is 11.8 Å². The van der Waals surface area contributed by atoms with E-state index in [4.69, 9.17) is 14.2 Å². The van der Waals surface area contributed by atoms with Crippen molar-refractivity contribution < 1.29 is 46.6 Å². The highest BCUT2D eigenvalue weighted by atomic mass is 19.4. The normalized spacial score (nSPS) is 12.7. The Labute approximate surface area is 255 Å². The Bertz CT molecular complexity index is 1270. The van der Waals surface area contributed by atoms with Gasteiger partial charge in [0.05, 0.1) is 26.8 Å². The predicted octanol–water partition coefficient (Wildman–Crippen LogP) is 4.30. The average molecular weight is 624 g/mol. The third-order valence-electron chi connectivity index (χ3n) is 6.73. The van der Waals surface area contributed by atoms with Gasteiger partial charge in [-0.25, -0.2) is 4.79 Å². The van der Waals surface area contributed by atoms with Gasteiger partial charge in [-0.3, -0.25) is 14.4 Å². The SMILES string of the molecule is COc1ccc(CCN(CC(=O)NC(C(=O)C(F)(F)F)C(C)C)C(=O)C(NC(=O)OCc2ccccc2)C(C)C)cc1OC. The fraction of sp³-hybridized carbons (Fsp3) is 0.484. The van der Waals surface area contributed by atoms with Crippen LogP contribution in [0.3, 0.4) is 0 Å². The summed E-state index contributed by atoms with van der Waals surface area (Å²) in [6.07, 6.45) is -5.80. The molecule has 13 heteroatoms. The first-order valence-electron chi connectivity index (χ1n) is 14.0. The van der Waals surface area contributed by atoms with E-state index in [0.717, 1.165) is 10.5 Å². The van der Waals surface area contributed by atoms with Crippen LogP contribution in [0.15, 0.2) is 48.5 Å². The van der Waals surface area contributed by atoms with Gasteiger partial charge in [0, 0.05) is 6.54 Å². The number of hydrogen-bond donors (Lipinski definition) is 2. The molecule has 0 aliphatic heterocycles. The number of Topliss-reactive ketones (excluding diaryl/α,β-unsaturated/α-hetero) is 1. The van der Waals surface area contributed by atoms with Gasteiger partial charge in [-0.1, -0.05) is 64.1 Å². The number of alkyl carbamates (subject to hydrolysis) is 1. The molecule has 2 unspecified atom stereocenters. The first kappa shape index (κ1) is 35.9. The van der Waals surface area contributed by atoms with E-state index in [-0.39, 0.29) is 19.6 Å². The van der Waals surface area contributed by atoms with Gasteiger partial charge < -0.3 is 29.7 Å². The molecule has 0 aliphatic carbocycles. The van der Waals surface area contributed by atoms with Crippen molar-refractivity contribution in [2.24, 2.45) is 11.8 Å². The molecule has 0 saturated carbocycles. The van der Waals surface area contributed by atoms with Gasteiger partial charge >= 0.3 is 12.3 Å². The zero-order valence-corrected chi connectivity index (χ0v) is 25.7. The molecule has 0 spiro atoms. The van der Waals surface area contributed by atoms with Crippen molar-refractivity contribution in [1.29, 1.82) is 0 Å². The summed E-state index contributed by atoms with van der Waals surface area (Å²) in [6, 6.07) is 11.0. The van der Waals surface area contributed by atoms with E-state index in [1.807, 2.05) is 6.07 Å². The molecule has 44 heavy (non-hydrogen) atoms. The van der Waals surface area contributed by atoms with Crippen LogP contribution in [0.5, 0.6) is 11.5 Å². The van der Waals surface area contributed by atoms with Gasteiger partial charge in [-0.15, -0.1) is 0 Å². The second-order valence-corrected chi connectivity index (χ2v) is 10.8. The number of alkyl halides is 3. The Hall–Kier alpha value is -4.29. The van der Waals surface area contributed by atoms with Crippen LogP contribution in [0.25, 0.3) is 0 Å². The highest BCUT2D eigenvalue weighted by Gasteiger charge is 2.45. The van der Waals surface area contributed by atoms with Crippen molar-refractivity contribution in [3.63, 3.8) is 0 Å². The largest absolute Gasteiger partial charge is 0.493 e. The number of methoxy groups -OCH3 is 2. The van der Waals surface area contributed by atoms with Crippen LogP contribution in [-0.4, -0.2) is 74.2 Å². The van der Waals surface area contributed by atoms with Crippen molar-refractivity contribution in [3.8, 4) is 11.5 Å². The van der Waals surface area contributed by atoms with Crippen molar-refractivity contribution in [3.05, 3.63) is 59.7 Å². The number of ether oxygens (including phenoxy) is 3. The van der Waals surface area contributed by atoms with Gasteiger partial charge in [0.25, 0.3) is 5.78 Å². The number of benzene rings is 2. The fourth-order valence-corrected chi connectivity index (χ4v) is 4.27. The van der Waals surface area contributed by atoms with Gasteiger partial charge in [0.2, 0.25) is 11.8 Å². The van der Waals surface area contributed by atoms with Crippen molar-refractivity contribution >= 4 is 23.7 Å². The minimum atomic E-state index is -5.15. The van der Waals surface area contributed by atoms with Gasteiger partial charge in [0.15, 0.2) is 11.5 Å². The number of rotatable bonds is 15. The molecule has 2 N–H and O–H groups in total. The van der Waals surface area contributed by atoms with Crippen LogP contribution in [0.2, 0.25) is 0 Å². The molecule has 0 saturated heterocycles. The van der Waals surface area contributed by atoms with Crippen molar-refractivity contribution in [2.45, 2.75) is 59.0 Å². The molecule has 10 nitrogen and oxygen atoms in total.